The highest BCUT2D eigenvalue weighted by Gasteiger charge is 2.44. The first-order valence-corrected chi connectivity index (χ1v) is 11.3. The summed E-state index contributed by atoms with van der Waals surface area (Å²) in [6.45, 7) is 9.02. The lowest BCUT2D eigenvalue weighted by Crippen LogP contribution is -2.52. The zero-order valence-corrected chi connectivity index (χ0v) is 21.4. The molecule has 6 atom stereocenters. The predicted octanol–water partition coefficient (Wildman–Crippen LogP) is 3.54. The van der Waals surface area contributed by atoms with Crippen LogP contribution in [0.3, 0.4) is 0 Å². The van der Waals surface area contributed by atoms with Crippen molar-refractivity contribution < 1.29 is 42.7 Å². The first-order chi connectivity index (χ1) is 16.1. The lowest BCUT2D eigenvalue weighted by atomic mass is 9.86. The molecule has 0 radical (unpaired) electrons. The lowest BCUT2D eigenvalue weighted by molar-refractivity contribution is -0.304. The number of carbonyl (C=O) groups is 2. The summed E-state index contributed by atoms with van der Waals surface area (Å²) in [6.07, 6.45) is -1.60. The molecule has 1 saturated heterocycles. The number of rotatable bonds is 11. The Morgan fingerprint density at radius 3 is 2.29 bits per heavy atom. The summed E-state index contributed by atoms with van der Waals surface area (Å²) < 4.78 is 39.9. The summed E-state index contributed by atoms with van der Waals surface area (Å²) in [5, 5.41) is 0. The Labute approximate surface area is 201 Å². The second-order valence-electron chi connectivity index (χ2n) is 9.46. The van der Waals surface area contributed by atoms with Gasteiger partial charge in [0.25, 0.3) is 0 Å². The molecular formula is C25H38O9. The van der Waals surface area contributed by atoms with Gasteiger partial charge in [0.15, 0.2) is 17.8 Å². The Hall–Kier alpha value is -2.20. The van der Waals surface area contributed by atoms with Crippen LogP contribution in [0.4, 0.5) is 0 Å². The highest BCUT2D eigenvalue weighted by molar-refractivity contribution is 5.75. The monoisotopic (exact) mass is 482 g/mol. The number of ether oxygens (including phenoxy) is 7. The van der Waals surface area contributed by atoms with E-state index < -0.39 is 35.9 Å². The number of methoxy groups -OCH3 is 3. The maximum absolute atomic E-state index is 12.4. The van der Waals surface area contributed by atoms with Crippen molar-refractivity contribution in [3.05, 3.63) is 23.8 Å². The van der Waals surface area contributed by atoms with E-state index in [2.05, 4.69) is 0 Å². The van der Waals surface area contributed by atoms with E-state index in [4.69, 9.17) is 33.2 Å². The van der Waals surface area contributed by atoms with Crippen LogP contribution < -0.4 is 9.47 Å². The molecule has 34 heavy (non-hydrogen) atoms. The van der Waals surface area contributed by atoms with Crippen molar-refractivity contribution in [1.29, 1.82) is 0 Å². The number of benzene rings is 1. The van der Waals surface area contributed by atoms with Crippen LogP contribution in [-0.4, -0.2) is 65.3 Å². The van der Waals surface area contributed by atoms with Crippen molar-refractivity contribution in [2.45, 2.75) is 59.2 Å². The third-order valence-electron chi connectivity index (χ3n) is 5.77. The fraction of sp³-hybridized carbons (Fsp3) is 0.680. The van der Waals surface area contributed by atoms with Crippen molar-refractivity contribution >= 4 is 12.3 Å². The van der Waals surface area contributed by atoms with Crippen LogP contribution in [0.1, 0.15) is 46.5 Å². The molecule has 0 bridgehead atoms. The van der Waals surface area contributed by atoms with Crippen LogP contribution in [0.25, 0.3) is 0 Å². The second-order valence-corrected chi connectivity index (χ2v) is 9.46. The molecule has 1 fully saturated rings. The van der Waals surface area contributed by atoms with Gasteiger partial charge in [0.2, 0.25) is 0 Å². The Morgan fingerprint density at radius 2 is 1.74 bits per heavy atom. The number of esters is 1. The lowest BCUT2D eigenvalue weighted by Gasteiger charge is -2.44. The van der Waals surface area contributed by atoms with Gasteiger partial charge in [-0.2, -0.15) is 0 Å². The van der Waals surface area contributed by atoms with E-state index in [1.807, 2.05) is 13.0 Å². The molecule has 9 heteroatoms. The van der Waals surface area contributed by atoms with Crippen molar-refractivity contribution in [1.82, 2.24) is 0 Å². The minimum Gasteiger partial charge on any atom is -0.493 e. The van der Waals surface area contributed by atoms with Gasteiger partial charge in [-0.15, -0.1) is 0 Å². The third kappa shape index (κ3) is 6.91. The van der Waals surface area contributed by atoms with Gasteiger partial charge in [-0.25, -0.2) is 0 Å². The summed E-state index contributed by atoms with van der Waals surface area (Å²) >= 11 is 0. The third-order valence-corrected chi connectivity index (χ3v) is 5.77. The van der Waals surface area contributed by atoms with E-state index in [0.717, 1.165) is 6.29 Å². The van der Waals surface area contributed by atoms with Crippen molar-refractivity contribution in [3.8, 4) is 11.5 Å². The van der Waals surface area contributed by atoms with Gasteiger partial charge >= 0.3 is 5.97 Å². The molecule has 1 aromatic carbocycles. The van der Waals surface area contributed by atoms with Crippen molar-refractivity contribution in [2.75, 3.05) is 34.7 Å². The summed E-state index contributed by atoms with van der Waals surface area (Å²) in [5.74, 6) is 0.0948. The van der Waals surface area contributed by atoms with Crippen LogP contribution >= 0.6 is 0 Å². The molecule has 0 unspecified atom stereocenters. The van der Waals surface area contributed by atoms with Gasteiger partial charge in [0.05, 0.1) is 31.8 Å². The van der Waals surface area contributed by atoms with Crippen LogP contribution in [0.5, 0.6) is 11.5 Å². The van der Waals surface area contributed by atoms with Crippen LogP contribution in [0, 0.1) is 17.3 Å². The summed E-state index contributed by atoms with van der Waals surface area (Å²) in [5.41, 5.74) is 0.0277. The van der Waals surface area contributed by atoms with Gasteiger partial charge in [-0.05, 0) is 32.9 Å². The van der Waals surface area contributed by atoms with Gasteiger partial charge in [-0.3, -0.25) is 4.79 Å². The molecule has 1 aliphatic rings. The zero-order chi connectivity index (χ0) is 25.5. The number of carbonyl (C=O) groups excluding carboxylic acids is 2. The standard InChI is InChI=1S/C25H38O9/c1-15(12-26)21-16(2)22(20(32-14-28-6)13-31-24(27)25(3,4)5)34-23(33-21)17-9-10-18(29-7)19(11-17)30-8/h9-12,15-16,20-23H,13-14H2,1-8H3/t15-,16-,20+,21+,22+,23+/m1/s1. The smallest absolute Gasteiger partial charge is 0.311 e. The van der Waals surface area contributed by atoms with Gasteiger partial charge in [0.1, 0.15) is 25.8 Å². The highest BCUT2D eigenvalue weighted by Crippen LogP contribution is 2.40. The van der Waals surface area contributed by atoms with Crippen molar-refractivity contribution in [3.63, 3.8) is 0 Å². The first-order valence-electron chi connectivity index (χ1n) is 11.3. The van der Waals surface area contributed by atoms with E-state index >= 15 is 0 Å². The zero-order valence-electron chi connectivity index (χ0n) is 21.4. The summed E-state index contributed by atoms with van der Waals surface area (Å²) in [4.78, 5) is 24.1. The molecule has 2 rings (SSSR count). The van der Waals surface area contributed by atoms with Crippen LogP contribution in [0.15, 0.2) is 18.2 Å². The maximum atomic E-state index is 12.4. The minimum absolute atomic E-state index is 0.0138. The molecule has 1 aliphatic heterocycles. The summed E-state index contributed by atoms with van der Waals surface area (Å²) in [7, 11) is 4.61. The summed E-state index contributed by atoms with van der Waals surface area (Å²) in [6, 6.07) is 5.34. The second kappa shape index (κ2) is 12.5. The molecule has 1 heterocycles. The predicted molar refractivity (Wildman–Crippen MR) is 124 cm³/mol. The Kier molecular flexibility index (Phi) is 10.3. The normalized spacial score (nSPS) is 24.7. The number of aldehydes is 1. The molecule has 0 saturated carbocycles. The molecule has 0 spiro atoms. The van der Waals surface area contributed by atoms with E-state index in [0.29, 0.717) is 17.1 Å². The Balaban J connectivity index is 2.37. The van der Waals surface area contributed by atoms with Gasteiger partial charge < -0.3 is 38.0 Å². The minimum atomic E-state index is -0.805. The fourth-order valence-electron chi connectivity index (χ4n) is 3.78. The SMILES string of the molecule is COCO[C@@H](COC(=O)C(C)(C)C)[C@H]1O[C@@H](c2ccc(OC)c(OC)c2)O[C@@H]([C@H](C)C=O)[C@H]1C. The average Bonchev–Trinajstić information content (AvgIpc) is 2.82. The molecular weight excluding hydrogens is 444 g/mol. The Morgan fingerprint density at radius 1 is 1.09 bits per heavy atom. The van der Waals surface area contributed by atoms with E-state index in [1.54, 1.807) is 54.0 Å². The van der Waals surface area contributed by atoms with Crippen LogP contribution in [0.2, 0.25) is 0 Å². The quantitative estimate of drug-likeness (QED) is 0.266. The topological polar surface area (TPSA) is 98.8 Å². The highest BCUT2D eigenvalue weighted by atomic mass is 16.7. The number of hydrogen-bond acceptors (Lipinski definition) is 9. The molecule has 9 nitrogen and oxygen atoms in total. The molecule has 0 aromatic heterocycles. The van der Waals surface area contributed by atoms with Crippen molar-refractivity contribution in [2.24, 2.45) is 17.3 Å². The molecule has 192 valence electrons. The first kappa shape index (κ1) is 28.0. The van der Waals surface area contributed by atoms with Crippen LogP contribution in [-0.2, 0) is 33.3 Å². The molecule has 0 N–H and O–H groups in total. The van der Waals surface area contributed by atoms with E-state index in [1.165, 1.54) is 7.11 Å². The van der Waals surface area contributed by atoms with E-state index in [-0.39, 0.29) is 25.3 Å². The van der Waals surface area contributed by atoms with Gasteiger partial charge in [0, 0.05) is 24.5 Å². The van der Waals surface area contributed by atoms with Gasteiger partial charge in [-0.1, -0.05) is 19.9 Å². The Bertz CT molecular complexity index is 804. The molecule has 1 aromatic rings. The molecule has 0 amide bonds. The maximum Gasteiger partial charge on any atom is 0.311 e. The molecule has 0 aliphatic carbocycles. The van der Waals surface area contributed by atoms with E-state index in [9.17, 15) is 9.59 Å². The fourth-order valence-corrected chi connectivity index (χ4v) is 3.78. The number of hydrogen-bond donors (Lipinski definition) is 0. The largest absolute Gasteiger partial charge is 0.493 e. The average molecular weight is 483 g/mol.